The maximum Gasteiger partial charge on any atom is 0.354 e. The van der Waals surface area contributed by atoms with E-state index in [1.807, 2.05) is 0 Å². The Morgan fingerprint density at radius 3 is 2.92 bits per heavy atom. The van der Waals surface area contributed by atoms with Crippen LogP contribution in [-0.4, -0.2) is 28.3 Å². The number of hydrogen-bond donors (Lipinski definition) is 1. The summed E-state index contributed by atoms with van der Waals surface area (Å²) in [5.74, 6) is -0.392. The number of fused-ring (bicyclic) bond motifs is 1. The summed E-state index contributed by atoms with van der Waals surface area (Å²) in [5, 5.41) is 8.21. The van der Waals surface area contributed by atoms with Crippen molar-refractivity contribution in [2.45, 2.75) is 0 Å². The number of aromatic nitrogens is 3. The van der Waals surface area contributed by atoms with Gasteiger partial charge in [-0.1, -0.05) is 0 Å². The molecule has 1 N–H and O–H groups in total. The van der Waals surface area contributed by atoms with Crippen LogP contribution in [0.2, 0.25) is 0 Å². The zero-order valence-corrected chi connectivity index (χ0v) is 6.94. The smallest absolute Gasteiger partial charge is 0.354 e. The highest BCUT2D eigenvalue weighted by atomic mass is 16.5. The Balaban J connectivity index is 2.56. The van der Waals surface area contributed by atoms with Crippen molar-refractivity contribution in [3.05, 3.63) is 24.2 Å². The van der Waals surface area contributed by atoms with Crippen LogP contribution in [0.15, 0.2) is 18.5 Å². The molecule has 0 fully saturated rings. The van der Waals surface area contributed by atoms with Crippen LogP contribution in [0, 0.1) is 0 Å². The third kappa shape index (κ3) is 1.24. The second-order valence-corrected chi connectivity index (χ2v) is 2.53. The molecular formula is C8H7N3O2. The van der Waals surface area contributed by atoms with Gasteiger partial charge in [-0.3, -0.25) is 0 Å². The second-order valence-electron chi connectivity index (χ2n) is 2.53. The SMILES string of the molecule is COC(=O)c1cc2cnncc2[nH]1. The Labute approximate surface area is 73.7 Å². The Bertz CT molecular complexity index is 416. The van der Waals surface area contributed by atoms with Crippen LogP contribution in [0.1, 0.15) is 10.5 Å². The number of hydrogen-bond acceptors (Lipinski definition) is 4. The molecule has 0 aliphatic rings. The first kappa shape index (κ1) is 7.72. The van der Waals surface area contributed by atoms with Crippen LogP contribution >= 0.6 is 0 Å². The summed E-state index contributed by atoms with van der Waals surface area (Å²) in [6, 6.07) is 1.68. The number of carbonyl (C=O) groups excluding carboxylic acids is 1. The van der Waals surface area contributed by atoms with Gasteiger partial charge in [0.2, 0.25) is 0 Å². The number of esters is 1. The molecule has 0 unspecified atom stereocenters. The highest BCUT2D eigenvalue weighted by Gasteiger charge is 2.08. The maximum absolute atomic E-state index is 11.1. The molecule has 0 amide bonds. The lowest BCUT2D eigenvalue weighted by atomic mass is 10.3. The van der Waals surface area contributed by atoms with Gasteiger partial charge < -0.3 is 9.72 Å². The van der Waals surface area contributed by atoms with Gasteiger partial charge >= 0.3 is 5.97 Å². The molecule has 2 aromatic heterocycles. The Morgan fingerprint density at radius 2 is 2.23 bits per heavy atom. The van der Waals surface area contributed by atoms with Crippen LogP contribution in [0.4, 0.5) is 0 Å². The number of H-pyrrole nitrogens is 1. The van der Waals surface area contributed by atoms with E-state index in [9.17, 15) is 4.79 Å². The molecule has 0 spiro atoms. The van der Waals surface area contributed by atoms with Gasteiger partial charge in [0.1, 0.15) is 5.69 Å². The maximum atomic E-state index is 11.1. The molecule has 0 aromatic carbocycles. The van der Waals surface area contributed by atoms with Gasteiger partial charge in [-0.2, -0.15) is 10.2 Å². The third-order valence-corrected chi connectivity index (χ3v) is 1.74. The zero-order chi connectivity index (χ0) is 9.26. The number of nitrogens with one attached hydrogen (secondary N) is 1. The van der Waals surface area contributed by atoms with Gasteiger partial charge in [0.15, 0.2) is 0 Å². The molecule has 0 radical (unpaired) electrons. The van der Waals surface area contributed by atoms with Crippen molar-refractivity contribution >= 4 is 16.9 Å². The minimum Gasteiger partial charge on any atom is -0.464 e. The molecule has 2 heterocycles. The normalized spacial score (nSPS) is 10.2. The summed E-state index contributed by atoms with van der Waals surface area (Å²) >= 11 is 0. The monoisotopic (exact) mass is 177 g/mol. The molecule has 2 rings (SSSR count). The van der Waals surface area contributed by atoms with Crippen molar-refractivity contribution in [3.8, 4) is 0 Å². The van der Waals surface area contributed by atoms with Crippen molar-refractivity contribution in [2.24, 2.45) is 0 Å². The van der Waals surface area contributed by atoms with Crippen molar-refractivity contribution in [1.82, 2.24) is 15.2 Å². The molecule has 5 heteroatoms. The van der Waals surface area contributed by atoms with Crippen LogP contribution in [0.5, 0.6) is 0 Å². The number of carbonyl (C=O) groups is 1. The lowest BCUT2D eigenvalue weighted by molar-refractivity contribution is 0.0595. The number of methoxy groups -OCH3 is 1. The topological polar surface area (TPSA) is 67.9 Å². The molecule has 0 saturated carbocycles. The van der Waals surface area contributed by atoms with Crippen LogP contribution < -0.4 is 0 Å². The van der Waals surface area contributed by atoms with Crippen LogP contribution in [0.3, 0.4) is 0 Å². The summed E-state index contributed by atoms with van der Waals surface area (Å²) in [7, 11) is 1.34. The van der Waals surface area contributed by atoms with E-state index < -0.39 is 5.97 Å². The quantitative estimate of drug-likeness (QED) is 0.652. The predicted octanol–water partition coefficient (Wildman–Crippen LogP) is 0.744. The van der Waals surface area contributed by atoms with E-state index in [0.29, 0.717) is 5.69 Å². The van der Waals surface area contributed by atoms with Crippen LogP contribution in [0.25, 0.3) is 10.9 Å². The first-order valence-corrected chi connectivity index (χ1v) is 3.69. The highest BCUT2D eigenvalue weighted by Crippen LogP contribution is 2.12. The largest absolute Gasteiger partial charge is 0.464 e. The van der Waals surface area contributed by atoms with Gasteiger partial charge in [0.05, 0.1) is 25.0 Å². The molecule has 2 aromatic rings. The fraction of sp³-hybridized carbons (Fsp3) is 0.125. The summed E-state index contributed by atoms with van der Waals surface area (Å²) in [4.78, 5) is 14.0. The van der Waals surface area contributed by atoms with E-state index >= 15 is 0 Å². The predicted molar refractivity (Wildman–Crippen MR) is 45.2 cm³/mol. The molecule has 0 atom stereocenters. The van der Waals surface area contributed by atoms with Crippen molar-refractivity contribution in [2.75, 3.05) is 7.11 Å². The number of aromatic amines is 1. The average molecular weight is 177 g/mol. The fourth-order valence-electron chi connectivity index (χ4n) is 1.11. The van der Waals surface area contributed by atoms with E-state index in [4.69, 9.17) is 0 Å². The Morgan fingerprint density at radius 1 is 1.46 bits per heavy atom. The Kier molecular flexibility index (Phi) is 1.70. The number of nitrogens with zero attached hydrogens (tertiary/aromatic N) is 2. The fourth-order valence-corrected chi connectivity index (χ4v) is 1.11. The van der Waals surface area contributed by atoms with Crippen molar-refractivity contribution < 1.29 is 9.53 Å². The standard InChI is InChI=1S/C8H7N3O2/c1-13-8(12)6-2-5-3-9-10-4-7(5)11-6/h2-4,11H,1H3. The first-order chi connectivity index (χ1) is 6.31. The van der Waals surface area contributed by atoms with Crippen molar-refractivity contribution in [1.29, 1.82) is 0 Å². The van der Waals surface area contributed by atoms with Gasteiger partial charge in [0, 0.05) is 5.39 Å². The van der Waals surface area contributed by atoms with E-state index in [0.717, 1.165) is 10.9 Å². The van der Waals surface area contributed by atoms with Crippen molar-refractivity contribution in [3.63, 3.8) is 0 Å². The third-order valence-electron chi connectivity index (χ3n) is 1.74. The molecule has 0 bridgehead atoms. The summed E-state index contributed by atoms with van der Waals surface area (Å²) in [6.07, 6.45) is 3.14. The van der Waals surface area contributed by atoms with E-state index in [1.54, 1.807) is 18.5 Å². The highest BCUT2D eigenvalue weighted by molar-refractivity contribution is 5.94. The molecule has 0 aliphatic carbocycles. The van der Waals surface area contributed by atoms with Gasteiger partial charge in [-0.25, -0.2) is 4.79 Å². The minimum absolute atomic E-state index is 0.392. The zero-order valence-electron chi connectivity index (χ0n) is 6.94. The molecule has 66 valence electrons. The van der Waals surface area contributed by atoms with Gasteiger partial charge in [-0.05, 0) is 6.07 Å². The molecule has 0 aliphatic heterocycles. The van der Waals surface area contributed by atoms with E-state index in [2.05, 4.69) is 19.9 Å². The summed E-state index contributed by atoms with van der Waals surface area (Å²) < 4.78 is 4.55. The summed E-state index contributed by atoms with van der Waals surface area (Å²) in [6.45, 7) is 0. The van der Waals surface area contributed by atoms with Crippen LogP contribution in [-0.2, 0) is 4.74 Å². The molecule has 0 saturated heterocycles. The van der Waals surface area contributed by atoms with E-state index in [-0.39, 0.29) is 0 Å². The second kappa shape index (κ2) is 2.85. The molecule has 13 heavy (non-hydrogen) atoms. The molecular weight excluding hydrogens is 170 g/mol. The number of rotatable bonds is 1. The minimum atomic E-state index is -0.392. The van der Waals surface area contributed by atoms with Gasteiger partial charge in [-0.15, -0.1) is 0 Å². The number of ether oxygens (including phenoxy) is 1. The van der Waals surface area contributed by atoms with Gasteiger partial charge in [0.25, 0.3) is 0 Å². The average Bonchev–Trinajstić information content (AvgIpc) is 2.59. The lowest BCUT2D eigenvalue weighted by Crippen LogP contribution is -2.00. The van der Waals surface area contributed by atoms with E-state index in [1.165, 1.54) is 7.11 Å². The summed E-state index contributed by atoms with van der Waals surface area (Å²) in [5.41, 5.74) is 1.18. The first-order valence-electron chi connectivity index (χ1n) is 3.69. The molecule has 5 nitrogen and oxygen atoms in total. The lowest BCUT2D eigenvalue weighted by Gasteiger charge is -1.91. The Hall–Kier alpha value is -1.91.